The fraction of sp³-hybridized carbons (Fsp3) is 0.818. The van der Waals surface area contributed by atoms with Crippen LogP contribution in [0.3, 0.4) is 0 Å². The second-order valence-corrected chi connectivity index (χ2v) is 6.46. The molecular weight excluding hydrogens is 290 g/mol. The molecule has 0 saturated carbocycles. The van der Waals surface area contributed by atoms with E-state index in [0.29, 0.717) is 0 Å². The molecule has 0 aromatic rings. The molecule has 0 fully saturated rings. The van der Waals surface area contributed by atoms with Gasteiger partial charge >= 0.3 is 12.1 Å². The Balaban J connectivity index is 4.22. The molecule has 1 N–H and O–H groups in total. The molecule has 0 aliphatic carbocycles. The van der Waals surface area contributed by atoms with E-state index in [-0.39, 0.29) is 0 Å². The van der Waals surface area contributed by atoms with Crippen LogP contribution >= 0.6 is 15.9 Å². The third-order valence-electron chi connectivity index (χ3n) is 1.26. The number of nitrogens with one attached hydrogen (secondary N) is 1. The summed E-state index contributed by atoms with van der Waals surface area (Å²) in [6, 6.07) is 0. The number of carbonyl (C=O) groups is 2. The summed E-state index contributed by atoms with van der Waals surface area (Å²) in [6.45, 7) is 10.5. The average molecular weight is 310 g/mol. The average Bonchev–Trinajstić information content (AvgIpc) is 1.95. The molecule has 0 bridgehead atoms. The molecule has 0 aliphatic heterocycles. The van der Waals surface area contributed by atoms with Crippen LogP contribution in [0.15, 0.2) is 0 Å². The van der Waals surface area contributed by atoms with E-state index in [0.717, 1.165) is 0 Å². The van der Waals surface area contributed by atoms with Crippen LogP contribution in [0.25, 0.3) is 0 Å². The highest BCUT2D eigenvalue weighted by Gasteiger charge is 2.26. The van der Waals surface area contributed by atoms with Gasteiger partial charge in [0.05, 0.1) is 0 Å². The van der Waals surface area contributed by atoms with Crippen LogP contribution in [-0.2, 0) is 14.3 Å². The third-order valence-corrected chi connectivity index (χ3v) is 1.86. The van der Waals surface area contributed by atoms with E-state index in [9.17, 15) is 9.59 Å². The number of hydrogen-bond donors (Lipinski definition) is 1. The first-order valence-corrected chi connectivity index (χ1v) is 6.19. The van der Waals surface area contributed by atoms with E-state index in [4.69, 9.17) is 9.47 Å². The SMILES string of the molecule is CC(C)(C)OC(=O)NC(Br)C(=O)OC(C)(C)C. The number of carbonyl (C=O) groups excluding carboxylic acids is 2. The zero-order valence-corrected chi connectivity index (χ0v) is 12.7. The maximum atomic E-state index is 11.5. The molecule has 0 saturated heterocycles. The van der Waals surface area contributed by atoms with Gasteiger partial charge in [-0.05, 0) is 41.5 Å². The van der Waals surface area contributed by atoms with Gasteiger partial charge in [0, 0.05) is 0 Å². The summed E-state index contributed by atoms with van der Waals surface area (Å²) in [4.78, 5) is 22.0. The highest BCUT2D eigenvalue weighted by Crippen LogP contribution is 2.12. The summed E-state index contributed by atoms with van der Waals surface area (Å²) in [5.74, 6) is -0.566. The molecular formula is C11H20BrNO4. The van der Waals surface area contributed by atoms with Gasteiger partial charge in [-0.25, -0.2) is 9.59 Å². The summed E-state index contributed by atoms with van der Waals surface area (Å²) >= 11 is 3.02. The summed E-state index contributed by atoms with van der Waals surface area (Å²) in [7, 11) is 0. The highest BCUT2D eigenvalue weighted by molar-refractivity contribution is 9.10. The van der Waals surface area contributed by atoms with Gasteiger partial charge in [0.1, 0.15) is 11.2 Å². The number of rotatable bonds is 2. The zero-order valence-electron chi connectivity index (χ0n) is 11.1. The lowest BCUT2D eigenvalue weighted by molar-refractivity contribution is -0.154. The van der Waals surface area contributed by atoms with Crippen molar-refractivity contribution in [3.8, 4) is 0 Å². The molecule has 1 amide bonds. The number of halogens is 1. The molecule has 1 unspecified atom stereocenters. The number of esters is 1. The van der Waals surface area contributed by atoms with Gasteiger partial charge in [-0.2, -0.15) is 0 Å². The van der Waals surface area contributed by atoms with Crippen LogP contribution in [0.2, 0.25) is 0 Å². The van der Waals surface area contributed by atoms with Crippen LogP contribution in [0.1, 0.15) is 41.5 Å². The molecule has 0 aromatic carbocycles. The summed E-state index contributed by atoms with van der Waals surface area (Å²) in [5.41, 5.74) is -1.20. The van der Waals surface area contributed by atoms with Crippen molar-refractivity contribution in [1.82, 2.24) is 5.32 Å². The standard InChI is InChI=1S/C11H20BrNO4/c1-10(2,3)16-8(14)7(12)13-9(15)17-11(4,5)6/h7H,1-6H3,(H,13,15). The predicted molar refractivity (Wildman–Crippen MR) is 67.9 cm³/mol. The van der Waals surface area contributed by atoms with Crippen LogP contribution in [0.5, 0.6) is 0 Å². The van der Waals surface area contributed by atoms with Gasteiger partial charge < -0.3 is 9.47 Å². The van der Waals surface area contributed by atoms with Crippen molar-refractivity contribution in [2.75, 3.05) is 0 Å². The lowest BCUT2D eigenvalue weighted by atomic mass is 10.2. The van der Waals surface area contributed by atoms with Crippen molar-refractivity contribution in [3.63, 3.8) is 0 Å². The number of alkyl halides is 1. The van der Waals surface area contributed by atoms with Crippen molar-refractivity contribution in [1.29, 1.82) is 0 Å². The molecule has 0 aliphatic rings. The van der Waals surface area contributed by atoms with Crippen molar-refractivity contribution in [2.24, 2.45) is 0 Å². The predicted octanol–water partition coefficient (Wildman–Crippen LogP) is 2.57. The molecule has 0 aromatic heterocycles. The van der Waals surface area contributed by atoms with E-state index < -0.39 is 28.2 Å². The van der Waals surface area contributed by atoms with E-state index in [1.54, 1.807) is 41.5 Å². The first-order valence-electron chi connectivity index (χ1n) is 5.27. The molecule has 0 rings (SSSR count). The fourth-order valence-corrected chi connectivity index (χ4v) is 1.10. The van der Waals surface area contributed by atoms with E-state index >= 15 is 0 Å². The Morgan fingerprint density at radius 3 is 1.76 bits per heavy atom. The Hall–Kier alpha value is -0.780. The van der Waals surface area contributed by atoms with Gasteiger partial charge in [0.15, 0.2) is 4.95 Å². The Kier molecular flexibility index (Phi) is 5.45. The van der Waals surface area contributed by atoms with Gasteiger partial charge in [0.2, 0.25) is 0 Å². The number of hydrogen-bond acceptors (Lipinski definition) is 4. The fourth-order valence-electron chi connectivity index (χ4n) is 0.823. The van der Waals surface area contributed by atoms with Crippen LogP contribution < -0.4 is 5.32 Å². The minimum Gasteiger partial charge on any atom is -0.458 e. The minimum absolute atomic E-state index is 0.566. The monoisotopic (exact) mass is 309 g/mol. The Morgan fingerprint density at radius 2 is 1.41 bits per heavy atom. The largest absolute Gasteiger partial charge is 0.458 e. The topological polar surface area (TPSA) is 64.6 Å². The Morgan fingerprint density at radius 1 is 1.00 bits per heavy atom. The van der Waals surface area contributed by atoms with Crippen molar-refractivity contribution in [3.05, 3.63) is 0 Å². The lowest BCUT2D eigenvalue weighted by Gasteiger charge is -2.23. The first kappa shape index (κ1) is 16.2. The molecule has 100 valence electrons. The molecule has 0 spiro atoms. The number of alkyl carbamates (subject to hydrolysis) is 1. The Bertz CT molecular complexity index is 291. The van der Waals surface area contributed by atoms with Crippen LogP contribution in [-0.4, -0.2) is 28.2 Å². The highest BCUT2D eigenvalue weighted by atomic mass is 79.9. The normalized spacial score (nSPS) is 13.8. The number of ether oxygens (including phenoxy) is 2. The van der Waals surface area contributed by atoms with Gasteiger partial charge in [-0.1, -0.05) is 15.9 Å². The summed E-state index contributed by atoms with van der Waals surface area (Å²) in [5, 5.41) is 2.34. The molecule has 0 radical (unpaired) electrons. The quantitative estimate of drug-likeness (QED) is 0.484. The van der Waals surface area contributed by atoms with Crippen molar-refractivity contribution >= 4 is 28.0 Å². The van der Waals surface area contributed by atoms with Crippen LogP contribution in [0.4, 0.5) is 4.79 Å². The smallest absolute Gasteiger partial charge is 0.409 e. The van der Waals surface area contributed by atoms with Crippen molar-refractivity contribution < 1.29 is 19.1 Å². The second kappa shape index (κ2) is 5.71. The second-order valence-electron chi connectivity index (χ2n) is 5.54. The van der Waals surface area contributed by atoms with Gasteiger partial charge in [0.25, 0.3) is 0 Å². The molecule has 0 heterocycles. The van der Waals surface area contributed by atoms with Crippen LogP contribution in [0, 0.1) is 0 Å². The number of amides is 1. The summed E-state index contributed by atoms with van der Waals surface area (Å²) < 4.78 is 10.1. The van der Waals surface area contributed by atoms with E-state index in [2.05, 4.69) is 21.2 Å². The third kappa shape index (κ3) is 8.97. The maximum Gasteiger partial charge on any atom is 0.409 e. The molecule has 5 nitrogen and oxygen atoms in total. The van der Waals surface area contributed by atoms with Gasteiger partial charge in [-0.3, -0.25) is 5.32 Å². The van der Waals surface area contributed by atoms with E-state index in [1.165, 1.54) is 0 Å². The van der Waals surface area contributed by atoms with Gasteiger partial charge in [-0.15, -0.1) is 0 Å². The minimum atomic E-state index is -0.920. The molecule has 1 atom stereocenters. The molecule has 6 heteroatoms. The van der Waals surface area contributed by atoms with Crippen molar-refractivity contribution in [2.45, 2.75) is 57.7 Å². The first-order chi connectivity index (χ1) is 7.41. The molecule has 17 heavy (non-hydrogen) atoms. The Labute approximate surface area is 110 Å². The van der Waals surface area contributed by atoms with E-state index in [1.807, 2.05) is 0 Å². The maximum absolute atomic E-state index is 11.5. The zero-order chi connectivity index (χ0) is 13.9. The summed E-state index contributed by atoms with van der Waals surface area (Å²) in [6.07, 6.45) is -0.676. The lowest BCUT2D eigenvalue weighted by Crippen LogP contribution is -2.42.